The molecule has 14 nitrogen and oxygen atoms in total. The van der Waals surface area contributed by atoms with Gasteiger partial charge in [-0.1, -0.05) is 6.42 Å². The molecule has 0 fully saturated rings. The Morgan fingerprint density at radius 2 is 1.19 bits per heavy atom. The number of hydrogen-bond donors (Lipinski definition) is 11. The Hall–Kier alpha value is -0.352. The van der Waals surface area contributed by atoms with Crippen molar-refractivity contribution in [3.63, 3.8) is 0 Å². The minimum atomic E-state index is -2.20. The van der Waals surface area contributed by atoms with Crippen LogP contribution in [-0.4, -0.2) is 109 Å². The number of carbonyl (C=O) groups is 3. The van der Waals surface area contributed by atoms with Crippen molar-refractivity contribution in [2.24, 2.45) is 17.2 Å². The fourth-order valence-corrected chi connectivity index (χ4v) is 1.30. The summed E-state index contributed by atoms with van der Waals surface area (Å²) in [5, 5.41) is 67.7. The molecule has 17 heteroatoms. The maximum absolute atomic E-state index is 10.1. The Labute approximate surface area is 210 Å². The van der Waals surface area contributed by atoms with E-state index < -0.39 is 55.0 Å². The van der Waals surface area contributed by atoms with Gasteiger partial charge in [0, 0.05) is 51.2 Å². The number of carboxylic acids is 3. The zero-order valence-corrected chi connectivity index (χ0v) is 18.9. The molecule has 0 heterocycles. The number of hydrogen-bond acceptors (Lipinski definition) is 11. The van der Waals surface area contributed by atoms with Crippen molar-refractivity contribution < 1.29 is 106 Å². The van der Waals surface area contributed by atoms with Gasteiger partial charge in [-0.25, -0.2) is 4.79 Å². The molecule has 0 saturated carbocycles. The summed E-state index contributed by atoms with van der Waals surface area (Å²) < 4.78 is 0. The summed E-state index contributed by atoms with van der Waals surface area (Å²) in [6, 6.07) is -0.716. The predicted octanol–water partition coefficient (Wildman–Crippen LogP) is -4.94. The summed E-state index contributed by atoms with van der Waals surface area (Å²) in [6.45, 7) is -0.517. The second-order valence-electron chi connectivity index (χ2n) is 5.34. The molecule has 31 heavy (non-hydrogen) atoms. The molecule has 0 aromatic carbocycles. The van der Waals surface area contributed by atoms with Gasteiger partial charge in [0.05, 0.1) is 13.2 Å². The monoisotopic (exact) mass is 606 g/mol. The third kappa shape index (κ3) is 27.6. The van der Waals surface area contributed by atoms with Crippen molar-refractivity contribution in [3.05, 3.63) is 0 Å². The van der Waals surface area contributed by atoms with Crippen LogP contribution in [0.2, 0.25) is 0 Å². The van der Waals surface area contributed by atoms with Gasteiger partial charge in [-0.15, -0.1) is 0 Å². The standard InChI is InChI=1S/C6H14N2O2.C6H12O7.C2H5NO2.3Cu/c7-4-2-1-3-5(8)6(9)10;7-1-2(8)3(9)4(10)5(11)6(12)13;3-1-2(4)5;;;/h5H,1-4,7-8H2,(H,9,10);2-5,7-11H,1H2,(H,12,13);1,3H2,(H,4,5);;;/t;2-,3-,4+,5-;;;;/m.1..../s1. The maximum atomic E-state index is 10.1. The van der Waals surface area contributed by atoms with E-state index in [1.165, 1.54) is 0 Å². The molecule has 0 spiro atoms. The van der Waals surface area contributed by atoms with E-state index in [1.807, 2.05) is 0 Å². The first-order chi connectivity index (χ1) is 12.9. The van der Waals surface area contributed by atoms with Crippen LogP contribution in [-0.2, 0) is 65.6 Å². The molecule has 0 rings (SSSR count). The van der Waals surface area contributed by atoms with Gasteiger partial charge < -0.3 is 58.1 Å². The van der Waals surface area contributed by atoms with Gasteiger partial charge in [0.1, 0.15) is 24.4 Å². The second kappa shape index (κ2) is 27.7. The molecule has 201 valence electrons. The molecule has 1 unspecified atom stereocenters. The summed E-state index contributed by atoms with van der Waals surface area (Å²) in [7, 11) is 0. The van der Waals surface area contributed by atoms with E-state index in [4.69, 9.17) is 52.3 Å². The van der Waals surface area contributed by atoms with Crippen LogP contribution < -0.4 is 17.2 Å². The molecule has 0 aromatic rings. The fraction of sp³-hybridized carbons (Fsp3) is 0.786. The fourth-order valence-electron chi connectivity index (χ4n) is 1.30. The number of aliphatic hydroxyl groups excluding tert-OH is 5. The quantitative estimate of drug-likeness (QED) is 0.0775. The Morgan fingerprint density at radius 1 is 0.774 bits per heavy atom. The van der Waals surface area contributed by atoms with Gasteiger partial charge in [0.15, 0.2) is 6.10 Å². The van der Waals surface area contributed by atoms with Crippen LogP contribution in [0, 0.1) is 0 Å². The molecule has 0 amide bonds. The summed E-state index contributed by atoms with van der Waals surface area (Å²) in [4.78, 5) is 29.5. The minimum Gasteiger partial charge on any atom is -0.480 e. The zero-order valence-electron chi connectivity index (χ0n) is 16.1. The number of aliphatic carboxylic acids is 3. The van der Waals surface area contributed by atoms with Gasteiger partial charge in [0.2, 0.25) is 0 Å². The molecule has 0 saturated heterocycles. The Balaban J connectivity index is -0.0000000781. The number of aliphatic hydroxyl groups is 5. The van der Waals surface area contributed by atoms with Crippen molar-refractivity contribution in [2.45, 2.75) is 49.7 Å². The van der Waals surface area contributed by atoms with E-state index in [2.05, 4.69) is 5.73 Å². The molecule has 0 aliphatic carbocycles. The molecular weight excluding hydrogens is 577 g/mol. The van der Waals surface area contributed by atoms with Gasteiger partial charge >= 0.3 is 17.9 Å². The third-order valence-electron chi connectivity index (χ3n) is 2.97. The molecule has 5 atom stereocenters. The topological polar surface area (TPSA) is 291 Å². The van der Waals surface area contributed by atoms with E-state index in [1.54, 1.807) is 0 Å². The van der Waals surface area contributed by atoms with Crippen LogP contribution in [0.5, 0.6) is 0 Å². The summed E-state index contributed by atoms with van der Waals surface area (Å²) in [6.07, 6.45) is -5.67. The normalized spacial score (nSPS) is 13.9. The van der Waals surface area contributed by atoms with Crippen molar-refractivity contribution in [1.29, 1.82) is 0 Å². The van der Waals surface area contributed by atoms with Crippen LogP contribution in [0.4, 0.5) is 0 Å². The van der Waals surface area contributed by atoms with Gasteiger partial charge in [-0.05, 0) is 19.4 Å². The van der Waals surface area contributed by atoms with E-state index >= 15 is 0 Å². The smallest absolute Gasteiger partial charge is 0.335 e. The minimum absolute atomic E-state index is 0. The predicted molar refractivity (Wildman–Crippen MR) is 94.0 cm³/mol. The van der Waals surface area contributed by atoms with Crippen molar-refractivity contribution in [3.8, 4) is 0 Å². The number of carboxylic acid groups (broad SMARTS) is 3. The van der Waals surface area contributed by atoms with Crippen molar-refractivity contribution in [2.75, 3.05) is 19.7 Å². The SMILES string of the molecule is NCC(=O)O.NCCCCC(N)C(=O)O.O=C(O)[C@H](O)[C@@H](O)[C@H](O)[C@H](O)CO.[Cu].[Cu].[Cu]. The van der Waals surface area contributed by atoms with E-state index in [0.717, 1.165) is 12.8 Å². The first-order valence-corrected chi connectivity index (χ1v) is 8.03. The first kappa shape index (κ1) is 44.3. The van der Waals surface area contributed by atoms with Gasteiger partial charge in [-0.3, -0.25) is 9.59 Å². The average molecular weight is 608 g/mol. The molecular formula is C14H31Cu3N3O11. The van der Waals surface area contributed by atoms with Gasteiger partial charge in [-0.2, -0.15) is 0 Å². The van der Waals surface area contributed by atoms with Crippen molar-refractivity contribution >= 4 is 17.9 Å². The molecule has 0 aromatic heterocycles. The molecule has 3 radical (unpaired) electrons. The molecule has 0 aliphatic heterocycles. The van der Waals surface area contributed by atoms with E-state index in [-0.39, 0.29) is 57.8 Å². The van der Waals surface area contributed by atoms with Crippen LogP contribution in [0.25, 0.3) is 0 Å². The average Bonchev–Trinajstić information content (AvgIpc) is 2.66. The largest absolute Gasteiger partial charge is 0.480 e. The number of nitrogens with two attached hydrogens (primary N) is 3. The van der Waals surface area contributed by atoms with Crippen LogP contribution in [0.15, 0.2) is 0 Å². The van der Waals surface area contributed by atoms with E-state index in [9.17, 15) is 14.4 Å². The van der Waals surface area contributed by atoms with Crippen molar-refractivity contribution in [1.82, 2.24) is 0 Å². The first-order valence-electron chi connectivity index (χ1n) is 8.03. The molecule has 0 aliphatic rings. The maximum Gasteiger partial charge on any atom is 0.335 e. The third-order valence-corrected chi connectivity index (χ3v) is 2.97. The Morgan fingerprint density at radius 3 is 1.45 bits per heavy atom. The Bertz CT molecular complexity index is 453. The number of unbranched alkanes of at least 4 members (excludes halogenated alkanes) is 1. The zero-order chi connectivity index (χ0) is 22.9. The Kier molecular flexibility index (Phi) is 39.6. The van der Waals surface area contributed by atoms with Crippen LogP contribution >= 0.6 is 0 Å². The molecule has 14 N–H and O–H groups in total. The van der Waals surface area contributed by atoms with E-state index in [0.29, 0.717) is 13.0 Å². The summed E-state index contributed by atoms with van der Waals surface area (Å²) >= 11 is 0. The summed E-state index contributed by atoms with van der Waals surface area (Å²) in [5.41, 5.74) is 15.0. The van der Waals surface area contributed by atoms with Gasteiger partial charge in [0.25, 0.3) is 0 Å². The summed E-state index contributed by atoms with van der Waals surface area (Å²) in [5.74, 6) is -3.63. The molecule has 0 bridgehead atoms. The number of rotatable bonds is 11. The second-order valence-corrected chi connectivity index (χ2v) is 5.34. The van der Waals surface area contributed by atoms with Crippen LogP contribution in [0.1, 0.15) is 19.3 Å². The van der Waals surface area contributed by atoms with Crippen LogP contribution in [0.3, 0.4) is 0 Å².